The molecule has 1 fully saturated rings. The molecular weight excluding hydrogens is 224 g/mol. The van der Waals surface area contributed by atoms with Crippen LogP contribution in [0.5, 0.6) is 0 Å². The Morgan fingerprint density at radius 3 is 2.06 bits per heavy atom. The van der Waals surface area contributed by atoms with Gasteiger partial charge in [0.25, 0.3) is 10.1 Å². The average Bonchev–Trinajstić information content (AvgIpc) is 1.96. The Hall–Kier alpha value is -0.0900. The zero-order valence-corrected chi connectivity index (χ0v) is 12.0. The summed E-state index contributed by atoms with van der Waals surface area (Å²) >= 11 is 0. The summed E-state index contributed by atoms with van der Waals surface area (Å²) in [5.41, 5.74) is 0.310. The highest BCUT2D eigenvalue weighted by molar-refractivity contribution is 7.86. The zero-order chi connectivity index (χ0) is 12.8. The minimum Gasteiger partial charge on any atom is -0.267 e. The molecule has 0 aromatic heterocycles. The lowest BCUT2D eigenvalue weighted by Gasteiger charge is -2.52. The van der Waals surface area contributed by atoms with E-state index in [1.807, 2.05) is 0 Å². The SMILES string of the molecule is CC1CC(OS(C)(=O)=O)CC(C)(C)C1(C)C. The monoisotopic (exact) mass is 248 g/mol. The van der Waals surface area contributed by atoms with Crippen LogP contribution in [0, 0.1) is 16.7 Å². The Balaban J connectivity index is 2.85. The summed E-state index contributed by atoms with van der Waals surface area (Å²) in [7, 11) is -3.33. The lowest BCUT2D eigenvalue weighted by Crippen LogP contribution is -2.47. The molecule has 1 saturated carbocycles. The number of rotatable bonds is 2. The van der Waals surface area contributed by atoms with Gasteiger partial charge in [-0.25, -0.2) is 0 Å². The second-order valence-corrected chi connectivity index (χ2v) is 7.97. The summed E-state index contributed by atoms with van der Waals surface area (Å²) in [6, 6.07) is 0. The molecule has 3 nitrogen and oxygen atoms in total. The van der Waals surface area contributed by atoms with Crippen LogP contribution in [0.2, 0.25) is 0 Å². The fourth-order valence-electron chi connectivity index (χ4n) is 2.59. The molecule has 0 aromatic carbocycles. The maximum absolute atomic E-state index is 11.2. The van der Waals surface area contributed by atoms with Gasteiger partial charge in [0.1, 0.15) is 0 Å². The lowest BCUT2D eigenvalue weighted by atomic mass is 9.55. The molecule has 0 heterocycles. The highest BCUT2D eigenvalue weighted by Gasteiger charge is 2.47. The molecule has 1 rings (SSSR count). The van der Waals surface area contributed by atoms with Crippen LogP contribution in [0.1, 0.15) is 47.5 Å². The highest BCUT2D eigenvalue weighted by atomic mass is 32.2. The Morgan fingerprint density at radius 2 is 1.69 bits per heavy atom. The van der Waals surface area contributed by atoms with Crippen molar-refractivity contribution in [1.82, 2.24) is 0 Å². The van der Waals surface area contributed by atoms with Crippen LogP contribution in [0.15, 0.2) is 0 Å². The Bertz CT molecular complexity index is 354. The normalized spacial score (nSPS) is 33.6. The lowest BCUT2D eigenvalue weighted by molar-refractivity contribution is -0.0538. The summed E-state index contributed by atoms with van der Waals surface area (Å²) in [5, 5.41) is 0. The summed E-state index contributed by atoms with van der Waals surface area (Å²) in [6.45, 7) is 11.1. The first-order chi connectivity index (χ1) is 6.96. The van der Waals surface area contributed by atoms with Crippen molar-refractivity contribution in [2.24, 2.45) is 16.7 Å². The van der Waals surface area contributed by atoms with Crippen molar-refractivity contribution in [3.63, 3.8) is 0 Å². The predicted octanol–water partition coefficient (Wildman–Crippen LogP) is 2.81. The van der Waals surface area contributed by atoms with Crippen LogP contribution in [0.25, 0.3) is 0 Å². The van der Waals surface area contributed by atoms with Gasteiger partial charge >= 0.3 is 0 Å². The van der Waals surface area contributed by atoms with E-state index in [4.69, 9.17) is 4.18 Å². The molecule has 0 saturated heterocycles. The Labute approximate surface area is 99.7 Å². The van der Waals surface area contributed by atoms with Crippen molar-refractivity contribution in [3.05, 3.63) is 0 Å². The van der Waals surface area contributed by atoms with Gasteiger partial charge in [-0.05, 0) is 29.6 Å². The molecule has 0 radical (unpaired) electrons. The van der Waals surface area contributed by atoms with E-state index in [0.29, 0.717) is 5.92 Å². The first kappa shape index (κ1) is 14.0. The van der Waals surface area contributed by atoms with Gasteiger partial charge in [0, 0.05) is 0 Å². The van der Waals surface area contributed by atoms with Crippen molar-refractivity contribution in [2.45, 2.75) is 53.6 Å². The molecule has 4 heteroatoms. The van der Waals surface area contributed by atoms with E-state index in [2.05, 4.69) is 34.6 Å². The number of hydrogen-bond donors (Lipinski definition) is 0. The average molecular weight is 248 g/mol. The van der Waals surface area contributed by atoms with Gasteiger partial charge in [0.2, 0.25) is 0 Å². The molecule has 16 heavy (non-hydrogen) atoms. The summed E-state index contributed by atoms with van der Waals surface area (Å²) in [6.07, 6.45) is 2.60. The molecule has 0 spiro atoms. The predicted molar refractivity (Wildman–Crippen MR) is 65.7 cm³/mol. The van der Waals surface area contributed by atoms with Crippen LogP contribution < -0.4 is 0 Å². The molecule has 1 aliphatic rings. The summed E-state index contributed by atoms with van der Waals surface area (Å²) < 4.78 is 27.5. The molecule has 96 valence electrons. The van der Waals surface area contributed by atoms with Crippen molar-refractivity contribution in [3.8, 4) is 0 Å². The van der Waals surface area contributed by atoms with E-state index in [1.165, 1.54) is 0 Å². The zero-order valence-electron chi connectivity index (χ0n) is 11.2. The van der Waals surface area contributed by atoms with Crippen molar-refractivity contribution in [1.29, 1.82) is 0 Å². The van der Waals surface area contributed by atoms with Gasteiger partial charge in [-0.3, -0.25) is 4.18 Å². The van der Waals surface area contributed by atoms with Gasteiger partial charge in [-0.1, -0.05) is 34.6 Å². The summed E-state index contributed by atoms with van der Waals surface area (Å²) in [4.78, 5) is 0. The van der Waals surface area contributed by atoms with Crippen molar-refractivity contribution >= 4 is 10.1 Å². The van der Waals surface area contributed by atoms with Crippen LogP contribution in [-0.4, -0.2) is 20.8 Å². The molecule has 2 atom stereocenters. The topological polar surface area (TPSA) is 43.4 Å². The van der Waals surface area contributed by atoms with Crippen molar-refractivity contribution < 1.29 is 12.6 Å². The van der Waals surface area contributed by atoms with Crippen molar-refractivity contribution in [2.75, 3.05) is 6.26 Å². The maximum atomic E-state index is 11.2. The highest BCUT2D eigenvalue weighted by Crippen LogP contribution is 2.53. The second kappa shape index (κ2) is 3.98. The third kappa shape index (κ3) is 2.77. The summed E-state index contributed by atoms with van der Waals surface area (Å²) in [5.74, 6) is 0.461. The van der Waals surface area contributed by atoms with E-state index in [9.17, 15) is 8.42 Å². The Kier molecular flexibility index (Phi) is 3.48. The van der Waals surface area contributed by atoms with Gasteiger partial charge in [-0.2, -0.15) is 8.42 Å². The van der Waals surface area contributed by atoms with Crippen LogP contribution in [0.3, 0.4) is 0 Å². The van der Waals surface area contributed by atoms with E-state index in [1.54, 1.807) is 0 Å². The molecule has 2 unspecified atom stereocenters. The molecule has 0 amide bonds. The molecule has 0 aliphatic heterocycles. The first-order valence-corrected chi connectivity index (χ1v) is 7.65. The van der Waals surface area contributed by atoms with Crippen LogP contribution in [0.4, 0.5) is 0 Å². The third-order valence-electron chi connectivity index (χ3n) is 4.64. The largest absolute Gasteiger partial charge is 0.267 e. The third-order valence-corrected chi connectivity index (χ3v) is 5.26. The molecule has 0 N–H and O–H groups in total. The van der Waals surface area contributed by atoms with E-state index >= 15 is 0 Å². The second-order valence-electron chi connectivity index (χ2n) is 6.37. The van der Waals surface area contributed by atoms with Crippen LogP contribution >= 0.6 is 0 Å². The van der Waals surface area contributed by atoms with Gasteiger partial charge < -0.3 is 0 Å². The minimum absolute atomic E-state index is 0.0972. The number of hydrogen-bond acceptors (Lipinski definition) is 3. The standard InChI is InChI=1S/C12H24O3S/c1-9-7-10(15-16(6,13)14)8-11(2,3)12(9,4)5/h9-10H,7-8H2,1-6H3. The smallest absolute Gasteiger partial charge is 0.264 e. The van der Waals surface area contributed by atoms with Crippen LogP contribution in [-0.2, 0) is 14.3 Å². The fourth-order valence-corrected chi connectivity index (χ4v) is 3.23. The van der Waals surface area contributed by atoms with E-state index in [0.717, 1.165) is 19.1 Å². The van der Waals surface area contributed by atoms with E-state index in [-0.39, 0.29) is 16.9 Å². The van der Waals surface area contributed by atoms with Gasteiger partial charge in [0.05, 0.1) is 12.4 Å². The maximum Gasteiger partial charge on any atom is 0.264 e. The molecule has 1 aliphatic carbocycles. The van der Waals surface area contributed by atoms with Gasteiger partial charge in [-0.15, -0.1) is 0 Å². The molecule has 0 bridgehead atoms. The molecular formula is C12H24O3S. The van der Waals surface area contributed by atoms with Gasteiger partial charge in [0.15, 0.2) is 0 Å². The molecule has 0 aromatic rings. The minimum atomic E-state index is -3.33. The first-order valence-electron chi connectivity index (χ1n) is 5.84. The quantitative estimate of drug-likeness (QED) is 0.706. The Morgan fingerprint density at radius 1 is 1.19 bits per heavy atom. The van der Waals surface area contributed by atoms with E-state index < -0.39 is 10.1 Å². The fraction of sp³-hybridized carbons (Fsp3) is 1.00.